The standard InChI is InChI=1S/C11H21N3O/c1-9-3-2-5-13(7-9)11(15)14-6-4-10(12)8-14/h9-10H,2-8,12H2,1H3. The van der Waals surface area contributed by atoms with Gasteiger partial charge in [-0.1, -0.05) is 6.92 Å². The number of likely N-dealkylation sites (tertiary alicyclic amines) is 2. The summed E-state index contributed by atoms with van der Waals surface area (Å²) in [5.41, 5.74) is 5.81. The largest absolute Gasteiger partial charge is 0.326 e. The van der Waals surface area contributed by atoms with E-state index in [2.05, 4.69) is 6.92 Å². The van der Waals surface area contributed by atoms with E-state index < -0.39 is 0 Å². The highest BCUT2D eigenvalue weighted by Crippen LogP contribution is 2.18. The van der Waals surface area contributed by atoms with Gasteiger partial charge in [0.25, 0.3) is 0 Å². The van der Waals surface area contributed by atoms with E-state index in [-0.39, 0.29) is 12.1 Å². The molecule has 4 heteroatoms. The van der Waals surface area contributed by atoms with Crippen molar-refractivity contribution in [3.8, 4) is 0 Å². The minimum absolute atomic E-state index is 0.191. The Kier molecular flexibility index (Phi) is 3.14. The number of hydrogen-bond acceptors (Lipinski definition) is 2. The zero-order valence-electron chi connectivity index (χ0n) is 9.48. The molecule has 2 N–H and O–H groups in total. The van der Waals surface area contributed by atoms with Gasteiger partial charge in [0, 0.05) is 32.2 Å². The first-order chi connectivity index (χ1) is 7.16. The molecule has 2 fully saturated rings. The summed E-state index contributed by atoms with van der Waals surface area (Å²) in [4.78, 5) is 16.0. The Balaban J connectivity index is 1.89. The van der Waals surface area contributed by atoms with Gasteiger partial charge in [0.15, 0.2) is 0 Å². The minimum atomic E-state index is 0.191. The van der Waals surface area contributed by atoms with E-state index >= 15 is 0 Å². The first-order valence-corrected chi connectivity index (χ1v) is 5.96. The molecule has 0 radical (unpaired) electrons. The van der Waals surface area contributed by atoms with Crippen molar-refractivity contribution < 1.29 is 4.79 Å². The summed E-state index contributed by atoms with van der Waals surface area (Å²) in [6, 6.07) is 0.394. The molecular weight excluding hydrogens is 190 g/mol. The topological polar surface area (TPSA) is 49.6 Å². The molecule has 2 aliphatic rings. The zero-order chi connectivity index (χ0) is 10.8. The van der Waals surface area contributed by atoms with Crippen LogP contribution in [0.2, 0.25) is 0 Å². The highest BCUT2D eigenvalue weighted by molar-refractivity contribution is 5.75. The average molecular weight is 211 g/mol. The molecular formula is C11H21N3O. The Morgan fingerprint density at radius 3 is 2.53 bits per heavy atom. The minimum Gasteiger partial charge on any atom is -0.326 e. The van der Waals surface area contributed by atoms with E-state index in [1.54, 1.807) is 0 Å². The summed E-state index contributed by atoms with van der Waals surface area (Å²) >= 11 is 0. The molecule has 2 unspecified atom stereocenters. The van der Waals surface area contributed by atoms with Gasteiger partial charge in [0.2, 0.25) is 0 Å². The highest BCUT2D eigenvalue weighted by Gasteiger charge is 2.29. The first kappa shape index (κ1) is 10.7. The molecule has 0 saturated carbocycles. The van der Waals surface area contributed by atoms with E-state index in [1.807, 2.05) is 9.80 Å². The van der Waals surface area contributed by atoms with E-state index in [0.29, 0.717) is 5.92 Å². The Morgan fingerprint density at radius 1 is 1.20 bits per heavy atom. The molecule has 2 saturated heterocycles. The molecule has 2 aliphatic heterocycles. The lowest BCUT2D eigenvalue weighted by molar-refractivity contribution is 0.139. The van der Waals surface area contributed by atoms with Crippen LogP contribution in [0, 0.1) is 5.92 Å². The van der Waals surface area contributed by atoms with Crippen LogP contribution in [0.5, 0.6) is 0 Å². The van der Waals surface area contributed by atoms with Crippen LogP contribution in [0.25, 0.3) is 0 Å². The van der Waals surface area contributed by atoms with Crippen molar-refractivity contribution in [1.29, 1.82) is 0 Å². The Bertz CT molecular complexity index is 244. The van der Waals surface area contributed by atoms with Gasteiger partial charge in [-0.2, -0.15) is 0 Å². The molecule has 2 rings (SSSR count). The second-order valence-electron chi connectivity index (χ2n) is 4.97. The van der Waals surface area contributed by atoms with Crippen molar-refractivity contribution in [1.82, 2.24) is 9.80 Å². The molecule has 2 atom stereocenters. The number of urea groups is 1. The van der Waals surface area contributed by atoms with Crippen LogP contribution in [0.15, 0.2) is 0 Å². The van der Waals surface area contributed by atoms with Crippen molar-refractivity contribution in [3.05, 3.63) is 0 Å². The number of rotatable bonds is 0. The zero-order valence-corrected chi connectivity index (χ0v) is 9.48. The molecule has 2 heterocycles. The van der Waals surface area contributed by atoms with Crippen LogP contribution in [0.3, 0.4) is 0 Å². The Hall–Kier alpha value is -0.770. The molecule has 86 valence electrons. The second-order valence-corrected chi connectivity index (χ2v) is 4.97. The first-order valence-electron chi connectivity index (χ1n) is 5.96. The summed E-state index contributed by atoms with van der Waals surface area (Å²) in [6.45, 7) is 5.64. The SMILES string of the molecule is CC1CCCN(C(=O)N2CCC(N)C2)C1. The predicted octanol–water partition coefficient (Wildman–Crippen LogP) is 0.871. The fourth-order valence-electron chi connectivity index (χ4n) is 2.52. The third-order valence-electron chi connectivity index (χ3n) is 3.42. The Morgan fingerprint density at radius 2 is 1.93 bits per heavy atom. The van der Waals surface area contributed by atoms with Crippen LogP contribution < -0.4 is 5.73 Å². The molecule has 0 spiro atoms. The Labute approximate surface area is 91.4 Å². The molecule has 0 aromatic rings. The fourth-order valence-corrected chi connectivity index (χ4v) is 2.52. The third kappa shape index (κ3) is 2.43. The van der Waals surface area contributed by atoms with Crippen LogP contribution in [0.4, 0.5) is 4.79 Å². The van der Waals surface area contributed by atoms with Gasteiger partial charge in [-0.05, 0) is 25.2 Å². The molecule has 4 nitrogen and oxygen atoms in total. The number of piperidine rings is 1. The van der Waals surface area contributed by atoms with Crippen molar-refractivity contribution in [2.75, 3.05) is 26.2 Å². The number of hydrogen-bond donors (Lipinski definition) is 1. The maximum Gasteiger partial charge on any atom is 0.320 e. The fraction of sp³-hybridized carbons (Fsp3) is 0.909. The molecule has 0 aliphatic carbocycles. The number of carbonyl (C=O) groups excluding carboxylic acids is 1. The van der Waals surface area contributed by atoms with Crippen molar-refractivity contribution in [2.24, 2.45) is 11.7 Å². The number of amides is 2. The quantitative estimate of drug-likeness (QED) is 0.646. The molecule has 15 heavy (non-hydrogen) atoms. The number of nitrogens with two attached hydrogens (primary N) is 1. The maximum atomic E-state index is 12.1. The monoisotopic (exact) mass is 211 g/mol. The summed E-state index contributed by atoms with van der Waals surface area (Å²) in [6.07, 6.45) is 3.35. The van der Waals surface area contributed by atoms with E-state index in [9.17, 15) is 4.79 Å². The van der Waals surface area contributed by atoms with Crippen LogP contribution in [0.1, 0.15) is 26.2 Å². The maximum absolute atomic E-state index is 12.1. The summed E-state index contributed by atoms with van der Waals surface area (Å²) in [5, 5.41) is 0. The third-order valence-corrected chi connectivity index (χ3v) is 3.42. The van der Waals surface area contributed by atoms with Crippen molar-refractivity contribution in [3.63, 3.8) is 0 Å². The summed E-state index contributed by atoms with van der Waals surface area (Å²) in [5.74, 6) is 0.652. The smallest absolute Gasteiger partial charge is 0.320 e. The highest BCUT2D eigenvalue weighted by atomic mass is 16.2. The number of carbonyl (C=O) groups is 1. The van der Waals surface area contributed by atoms with Gasteiger partial charge in [-0.3, -0.25) is 0 Å². The summed E-state index contributed by atoms with van der Waals surface area (Å²) in [7, 11) is 0. The van der Waals surface area contributed by atoms with Crippen LogP contribution in [-0.2, 0) is 0 Å². The van der Waals surface area contributed by atoms with Gasteiger partial charge >= 0.3 is 6.03 Å². The van der Waals surface area contributed by atoms with Gasteiger partial charge in [0.1, 0.15) is 0 Å². The molecule has 0 bridgehead atoms. The van der Waals surface area contributed by atoms with E-state index in [1.165, 1.54) is 6.42 Å². The van der Waals surface area contributed by atoms with Crippen LogP contribution in [-0.4, -0.2) is 48.1 Å². The second kappa shape index (κ2) is 4.39. The normalized spacial score (nSPS) is 32.1. The van der Waals surface area contributed by atoms with Crippen molar-refractivity contribution in [2.45, 2.75) is 32.2 Å². The van der Waals surface area contributed by atoms with Gasteiger partial charge in [-0.15, -0.1) is 0 Å². The summed E-state index contributed by atoms with van der Waals surface area (Å²) < 4.78 is 0. The van der Waals surface area contributed by atoms with Crippen molar-refractivity contribution >= 4 is 6.03 Å². The van der Waals surface area contributed by atoms with Crippen LogP contribution >= 0.6 is 0 Å². The lowest BCUT2D eigenvalue weighted by Gasteiger charge is -2.33. The van der Waals surface area contributed by atoms with E-state index in [4.69, 9.17) is 5.73 Å². The van der Waals surface area contributed by atoms with Gasteiger partial charge in [-0.25, -0.2) is 4.79 Å². The average Bonchev–Trinajstić information content (AvgIpc) is 2.64. The predicted molar refractivity (Wildman–Crippen MR) is 59.5 cm³/mol. The molecule has 2 amide bonds. The molecule has 0 aromatic carbocycles. The lowest BCUT2D eigenvalue weighted by atomic mass is 10.0. The molecule has 0 aromatic heterocycles. The van der Waals surface area contributed by atoms with E-state index in [0.717, 1.165) is 39.0 Å². The lowest BCUT2D eigenvalue weighted by Crippen LogP contribution is -2.46. The van der Waals surface area contributed by atoms with Gasteiger partial charge < -0.3 is 15.5 Å². The van der Waals surface area contributed by atoms with Gasteiger partial charge in [0.05, 0.1) is 0 Å². The number of nitrogens with zero attached hydrogens (tertiary/aromatic N) is 2.